The zero-order valence-corrected chi connectivity index (χ0v) is 13.4. The van der Waals surface area contributed by atoms with Crippen LogP contribution < -0.4 is 4.74 Å². The summed E-state index contributed by atoms with van der Waals surface area (Å²) in [6.07, 6.45) is 0. The van der Waals surface area contributed by atoms with Crippen molar-refractivity contribution < 1.29 is 19.1 Å². The van der Waals surface area contributed by atoms with Gasteiger partial charge in [0.2, 0.25) is 0 Å². The average Bonchev–Trinajstić information content (AvgIpc) is 2.60. The zero-order chi connectivity index (χ0) is 17.1. The predicted octanol–water partition coefficient (Wildman–Crippen LogP) is 3.89. The maximum Gasteiger partial charge on any atom is 0.344 e. The number of nitrogens with zero attached hydrogens (tertiary/aromatic N) is 1. The Balaban J connectivity index is 1.89. The second-order valence-electron chi connectivity index (χ2n) is 4.92. The van der Waals surface area contributed by atoms with Gasteiger partial charge in [-0.15, -0.1) is 0 Å². The number of hydrogen-bond donors (Lipinski definition) is 0. The van der Waals surface area contributed by atoms with Crippen molar-refractivity contribution in [2.75, 3.05) is 7.11 Å². The fourth-order valence-corrected chi connectivity index (χ4v) is 2.45. The van der Waals surface area contributed by atoms with Crippen LogP contribution in [0, 0.1) is 0 Å². The first-order chi connectivity index (χ1) is 11.6. The van der Waals surface area contributed by atoms with Crippen LogP contribution in [-0.2, 0) is 4.74 Å². The van der Waals surface area contributed by atoms with Crippen molar-refractivity contribution in [1.29, 1.82) is 0 Å². The number of hydrogen-bond acceptors (Lipinski definition) is 5. The van der Waals surface area contributed by atoms with Crippen LogP contribution in [0.1, 0.15) is 20.7 Å². The number of ether oxygens (including phenoxy) is 2. The van der Waals surface area contributed by atoms with Gasteiger partial charge in [0.15, 0.2) is 0 Å². The molecule has 120 valence electrons. The van der Waals surface area contributed by atoms with Gasteiger partial charge < -0.3 is 9.47 Å². The number of esters is 2. The number of methoxy groups -OCH3 is 1. The molecule has 24 heavy (non-hydrogen) atoms. The van der Waals surface area contributed by atoms with Crippen LogP contribution in [0.5, 0.6) is 5.75 Å². The Hall–Kier alpha value is -2.92. The Morgan fingerprint density at radius 2 is 1.71 bits per heavy atom. The van der Waals surface area contributed by atoms with Crippen LogP contribution in [-0.4, -0.2) is 24.0 Å². The van der Waals surface area contributed by atoms with E-state index in [0.29, 0.717) is 27.8 Å². The van der Waals surface area contributed by atoms with E-state index in [9.17, 15) is 9.59 Å². The quantitative estimate of drug-likeness (QED) is 0.411. The van der Waals surface area contributed by atoms with E-state index in [0.717, 1.165) is 0 Å². The molecule has 1 aromatic heterocycles. The Labute approximate surface area is 142 Å². The molecule has 3 aromatic rings. The van der Waals surface area contributed by atoms with Gasteiger partial charge in [-0.3, -0.25) is 0 Å². The molecule has 5 nitrogen and oxygen atoms in total. The minimum atomic E-state index is -0.554. The third-order valence-corrected chi connectivity index (χ3v) is 3.58. The van der Waals surface area contributed by atoms with Crippen molar-refractivity contribution in [3.8, 4) is 5.75 Å². The molecule has 0 bridgehead atoms. The van der Waals surface area contributed by atoms with Gasteiger partial charge >= 0.3 is 11.9 Å². The van der Waals surface area contributed by atoms with E-state index < -0.39 is 11.9 Å². The molecule has 0 aliphatic heterocycles. The highest BCUT2D eigenvalue weighted by Gasteiger charge is 2.15. The maximum atomic E-state index is 12.5. The molecule has 0 amide bonds. The van der Waals surface area contributed by atoms with Crippen molar-refractivity contribution in [1.82, 2.24) is 4.98 Å². The first kappa shape index (κ1) is 16.0. The molecular formula is C18H12ClNO4. The molecule has 0 saturated heterocycles. The lowest BCUT2D eigenvalue weighted by Crippen LogP contribution is -2.10. The van der Waals surface area contributed by atoms with Crippen LogP contribution in [0.25, 0.3) is 10.9 Å². The topological polar surface area (TPSA) is 65.5 Å². The average molecular weight is 342 g/mol. The number of pyridine rings is 1. The molecule has 3 rings (SSSR count). The van der Waals surface area contributed by atoms with Gasteiger partial charge in [0.25, 0.3) is 0 Å². The monoisotopic (exact) mass is 341 g/mol. The van der Waals surface area contributed by atoms with E-state index in [1.165, 1.54) is 37.4 Å². The van der Waals surface area contributed by atoms with Crippen LogP contribution in [0.3, 0.4) is 0 Å². The smallest absolute Gasteiger partial charge is 0.344 e. The fourth-order valence-electron chi connectivity index (χ4n) is 2.25. The molecule has 0 saturated carbocycles. The molecule has 6 heteroatoms. The van der Waals surface area contributed by atoms with E-state index >= 15 is 0 Å². The van der Waals surface area contributed by atoms with E-state index in [4.69, 9.17) is 16.3 Å². The van der Waals surface area contributed by atoms with E-state index in [2.05, 4.69) is 9.72 Å². The summed E-state index contributed by atoms with van der Waals surface area (Å²) in [7, 11) is 1.30. The van der Waals surface area contributed by atoms with Crippen molar-refractivity contribution in [3.63, 3.8) is 0 Å². The summed E-state index contributed by atoms with van der Waals surface area (Å²) in [4.78, 5) is 28.0. The van der Waals surface area contributed by atoms with Crippen molar-refractivity contribution >= 4 is 34.4 Å². The second kappa shape index (κ2) is 6.68. The molecule has 0 aliphatic carbocycles. The Bertz CT molecular complexity index is 922. The Morgan fingerprint density at radius 3 is 2.42 bits per heavy atom. The maximum absolute atomic E-state index is 12.5. The molecule has 0 radical (unpaired) electrons. The Kier molecular flexibility index (Phi) is 4.44. The highest BCUT2D eigenvalue weighted by atomic mass is 35.5. The molecular weight excluding hydrogens is 330 g/mol. The van der Waals surface area contributed by atoms with E-state index in [-0.39, 0.29) is 5.15 Å². The summed E-state index contributed by atoms with van der Waals surface area (Å²) < 4.78 is 9.97. The number of fused-ring (bicyclic) bond motifs is 1. The number of para-hydroxylation sites is 1. The van der Waals surface area contributed by atoms with Crippen LogP contribution in [0.2, 0.25) is 5.15 Å². The minimum Gasteiger partial charge on any atom is -0.465 e. The van der Waals surface area contributed by atoms with Gasteiger partial charge in [-0.1, -0.05) is 29.8 Å². The number of carbonyl (C=O) groups is 2. The molecule has 0 unspecified atom stereocenters. The van der Waals surface area contributed by atoms with E-state index in [1.807, 2.05) is 6.07 Å². The normalized spacial score (nSPS) is 10.4. The van der Waals surface area contributed by atoms with Crippen LogP contribution >= 0.6 is 11.6 Å². The van der Waals surface area contributed by atoms with Crippen molar-refractivity contribution in [2.24, 2.45) is 0 Å². The summed E-state index contributed by atoms with van der Waals surface area (Å²) in [5.41, 5.74) is 1.30. The first-order valence-electron chi connectivity index (χ1n) is 7.04. The van der Waals surface area contributed by atoms with Gasteiger partial charge in [0.05, 0.1) is 23.8 Å². The Morgan fingerprint density at radius 1 is 1.00 bits per heavy atom. The molecule has 0 fully saturated rings. The lowest BCUT2D eigenvalue weighted by Gasteiger charge is -2.08. The second-order valence-corrected chi connectivity index (χ2v) is 5.30. The highest BCUT2D eigenvalue weighted by Crippen LogP contribution is 2.23. The molecule has 0 atom stereocenters. The molecule has 0 N–H and O–H groups in total. The summed E-state index contributed by atoms with van der Waals surface area (Å²) in [5.74, 6) is -0.703. The van der Waals surface area contributed by atoms with Crippen LogP contribution in [0.15, 0.2) is 54.6 Å². The molecule has 1 heterocycles. The lowest BCUT2D eigenvalue weighted by atomic mass is 10.1. The summed E-state index contributed by atoms with van der Waals surface area (Å²) in [6, 6.07) is 14.7. The highest BCUT2D eigenvalue weighted by molar-refractivity contribution is 6.30. The summed E-state index contributed by atoms with van der Waals surface area (Å²) >= 11 is 5.97. The van der Waals surface area contributed by atoms with Crippen LogP contribution in [0.4, 0.5) is 0 Å². The third-order valence-electron chi connectivity index (χ3n) is 3.39. The van der Waals surface area contributed by atoms with E-state index in [1.54, 1.807) is 18.2 Å². The third kappa shape index (κ3) is 3.21. The number of rotatable bonds is 3. The minimum absolute atomic E-state index is 0.210. The predicted molar refractivity (Wildman–Crippen MR) is 89.5 cm³/mol. The summed E-state index contributed by atoms with van der Waals surface area (Å²) in [5, 5.41) is 0.861. The standard InChI is InChI=1S/C18H12ClNO4/c1-23-17(21)11-6-8-12(9-7-11)24-18(22)14-10-16(19)20-15-5-3-2-4-13(14)15/h2-10H,1H3. The fraction of sp³-hybridized carbons (Fsp3) is 0.0556. The number of halogens is 1. The van der Waals surface area contributed by atoms with Gasteiger partial charge in [0.1, 0.15) is 10.9 Å². The largest absolute Gasteiger partial charge is 0.465 e. The molecule has 2 aromatic carbocycles. The van der Waals surface area contributed by atoms with Gasteiger partial charge in [0, 0.05) is 5.39 Å². The van der Waals surface area contributed by atoms with Gasteiger partial charge in [-0.05, 0) is 36.4 Å². The SMILES string of the molecule is COC(=O)c1ccc(OC(=O)c2cc(Cl)nc3ccccc23)cc1. The van der Waals surface area contributed by atoms with Crippen molar-refractivity contribution in [3.05, 3.63) is 70.9 Å². The van der Waals surface area contributed by atoms with Crippen molar-refractivity contribution in [2.45, 2.75) is 0 Å². The van der Waals surface area contributed by atoms with Gasteiger partial charge in [-0.25, -0.2) is 14.6 Å². The number of aromatic nitrogens is 1. The molecule has 0 aliphatic rings. The molecule has 0 spiro atoms. The summed E-state index contributed by atoms with van der Waals surface area (Å²) in [6.45, 7) is 0. The zero-order valence-electron chi connectivity index (χ0n) is 12.7. The lowest BCUT2D eigenvalue weighted by molar-refractivity contribution is 0.0600. The number of benzene rings is 2. The first-order valence-corrected chi connectivity index (χ1v) is 7.42. The number of carbonyl (C=O) groups excluding carboxylic acids is 2. The van der Waals surface area contributed by atoms with Gasteiger partial charge in [-0.2, -0.15) is 0 Å².